The third-order valence-electron chi connectivity index (χ3n) is 6.18. The molecule has 2 heterocycles. The first-order valence-corrected chi connectivity index (χ1v) is 12.5. The third-order valence-corrected chi connectivity index (χ3v) is 6.18. The lowest BCUT2D eigenvalue weighted by Crippen LogP contribution is -2.54. The van der Waals surface area contributed by atoms with Gasteiger partial charge in [0, 0.05) is 44.2 Å². The van der Waals surface area contributed by atoms with E-state index in [-0.39, 0.29) is 30.4 Å². The molecule has 0 aliphatic carbocycles. The molecule has 2 aliphatic heterocycles. The zero-order valence-corrected chi connectivity index (χ0v) is 22.1. The second-order valence-electron chi connectivity index (χ2n) is 9.85. The number of methoxy groups -OCH3 is 1. The van der Waals surface area contributed by atoms with Gasteiger partial charge in [0.1, 0.15) is 11.9 Å². The van der Waals surface area contributed by atoms with E-state index in [9.17, 15) is 14.4 Å². The summed E-state index contributed by atoms with van der Waals surface area (Å²) >= 11 is 0. The van der Waals surface area contributed by atoms with Crippen molar-refractivity contribution >= 4 is 23.5 Å². The maximum Gasteiger partial charge on any atom is 0.302 e. The van der Waals surface area contributed by atoms with Gasteiger partial charge < -0.3 is 28.7 Å². The Bertz CT molecular complexity index is 975. The SMILES string of the molecule is COCCOCOc1ccc2c(c1)[C@H]1[C@@H](C(OC(C)=O)C/C=C\C(=O)N1CC(C)C)N2C(=O)C(C)C. The van der Waals surface area contributed by atoms with Crippen LogP contribution in [0.2, 0.25) is 0 Å². The van der Waals surface area contributed by atoms with Gasteiger partial charge in [0.25, 0.3) is 0 Å². The smallest absolute Gasteiger partial charge is 0.302 e. The molecule has 2 aliphatic rings. The van der Waals surface area contributed by atoms with Crippen LogP contribution in [0.1, 0.15) is 52.6 Å². The highest BCUT2D eigenvalue weighted by molar-refractivity contribution is 5.99. The lowest BCUT2D eigenvalue weighted by atomic mass is 9.92. The predicted molar refractivity (Wildman–Crippen MR) is 134 cm³/mol. The molecule has 1 unspecified atom stereocenters. The van der Waals surface area contributed by atoms with Crippen molar-refractivity contribution in [2.45, 2.75) is 59.2 Å². The van der Waals surface area contributed by atoms with Crippen LogP contribution < -0.4 is 9.64 Å². The largest absolute Gasteiger partial charge is 0.468 e. The Kier molecular flexibility index (Phi) is 9.50. The minimum Gasteiger partial charge on any atom is -0.468 e. The van der Waals surface area contributed by atoms with Gasteiger partial charge in [-0.2, -0.15) is 0 Å². The highest BCUT2D eigenvalue weighted by Crippen LogP contribution is 2.48. The molecular weight excluding hydrogens is 464 g/mol. The Hall–Kier alpha value is -2.91. The van der Waals surface area contributed by atoms with E-state index in [1.807, 2.05) is 39.8 Å². The fourth-order valence-electron chi connectivity index (χ4n) is 4.74. The summed E-state index contributed by atoms with van der Waals surface area (Å²) in [6.07, 6.45) is 2.97. The molecule has 1 aromatic rings. The van der Waals surface area contributed by atoms with Gasteiger partial charge in [0.2, 0.25) is 11.8 Å². The summed E-state index contributed by atoms with van der Waals surface area (Å²) in [6.45, 7) is 10.5. The molecule has 0 spiro atoms. The van der Waals surface area contributed by atoms with Crippen molar-refractivity contribution in [3.05, 3.63) is 35.9 Å². The van der Waals surface area contributed by atoms with E-state index in [1.54, 1.807) is 29.1 Å². The Morgan fingerprint density at radius 2 is 1.89 bits per heavy atom. The van der Waals surface area contributed by atoms with E-state index >= 15 is 0 Å². The zero-order chi connectivity index (χ0) is 26.4. The number of benzene rings is 1. The summed E-state index contributed by atoms with van der Waals surface area (Å²) in [5, 5.41) is 0. The van der Waals surface area contributed by atoms with Crippen LogP contribution in [-0.4, -0.2) is 68.5 Å². The normalized spacial score (nSPS) is 22.2. The number of nitrogens with zero attached hydrogens (tertiary/aromatic N) is 2. The van der Waals surface area contributed by atoms with Crippen LogP contribution >= 0.6 is 0 Å². The molecule has 1 aromatic carbocycles. The van der Waals surface area contributed by atoms with Crippen LogP contribution in [0.3, 0.4) is 0 Å². The van der Waals surface area contributed by atoms with E-state index in [4.69, 9.17) is 18.9 Å². The number of carbonyl (C=O) groups excluding carboxylic acids is 3. The molecule has 2 amide bonds. The average molecular weight is 503 g/mol. The van der Waals surface area contributed by atoms with Crippen molar-refractivity contribution in [2.75, 3.05) is 38.6 Å². The van der Waals surface area contributed by atoms with Gasteiger partial charge in [-0.25, -0.2) is 0 Å². The van der Waals surface area contributed by atoms with Gasteiger partial charge in [-0.1, -0.05) is 33.8 Å². The summed E-state index contributed by atoms with van der Waals surface area (Å²) in [6, 6.07) is 4.40. The van der Waals surface area contributed by atoms with E-state index < -0.39 is 24.2 Å². The first-order valence-electron chi connectivity index (χ1n) is 12.5. The highest BCUT2D eigenvalue weighted by Gasteiger charge is 2.51. The maximum absolute atomic E-state index is 13.6. The van der Waals surface area contributed by atoms with Crippen molar-refractivity contribution in [2.24, 2.45) is 11.8 Å². The number of anilines is 1. The van der Waals surface area contributed by atoms with Gasteiger partial charge in [0.05, 0.1) is 25.3 Å². The number of hydrogen-bond acceptors (Lipinski definition) is 7. The van der Waals surface area contributed by atoms with Gasteiger partial charge in [-0.05, 0) is 30.2 Å². The van der Waals surface area contributed by atoms with Crippen LogP contribution in [0.25, 0.3) is 0 Å². The molecule has 3 atom stereocenters. The number of rotatable bonds is 10. The lowest BCUT2D eigenvalue weighted by molar-refractivity contribution is -0.149. The second-order valence-corrected chi connectivity index (χ2v) is 9.85. The number of amides is 2. The fourth-order valence-corrected chi connectivity index (χ4v) is 4.74. The molecule has 198 valence electrons. The van der Waals surface area contributed by atoms with Crippen molar-refractivity contribution in [1.29, 1.82) is 0 Å². The summed E-state index contributed by atoms with van der Waals surface area (Å²) in [5.41, 5.74) is 1.47. The van der Waals surface area contributed by atoms with Crippen molar-refractivity contribution < 1.29 is 33.3 Å². The molecule has 0 bridgehead atoms. The number of fused-ring (bicyclic) bond motifs is 3. The molecule has 0 N–H and O–H groups in total. The minimum absolute atomic E-state index is 0.0400. The standard InChI is InChI=1S/C27H38N2O7/c1-17(2)15-28-24(31)9-7-8-23(36-19(5)30)26-25(28)21-14-20(35-16-34-13-12-33-6)10-11-22(21)29(26)27(32)18(3)4/h7,9-11,14,17-18,23,25-26H,8,12-13,15-16H2,1-6H3/b9-7-/t23?,25-,26+/m0/s1. The maximum atomic E-state index is 13.6. The molecule has 0 saturated carbocycles. The molecular formula is C27H38N2O7. The van der Waals surface area contributed by atoms with Gasteiger partial charge >= 0.3 is 5.97 Å². The van der Waals surface area contributed by atoms with Crippen LogP contribution in [0.4, 0.5) is 5.69 Å². The summed E-state index contributed by atoms with van der Waals surface area (Å²) in [4.78, 5) is 42.5. The number of esters is 1. The number of hydrogen-bond donors (Lipinski definition) is 0. The fraction of sp³-hybridized carbons (Fsp3) is 0.593. The van der Waals surface area contributed by atoms with E-state index in [0.29, 0.717) is 37.6 Å². The Morgan fingerprint density at radius 3 is 2.53 bits per heavy atom. The Morgan fingerprint density at radius 1 is 1.14 bits per heavy atom. The predicted octanol–water partition coefficient (Wildman–Crippen LogP) is 3.47. The summed E-state index contributed by atoms with van der Waals surface area (Å²) < 4.78 is 22.0. The second kappa shape index (κ2) is 12.4. The van der Waals surface area contributed by atoms with Crippen LogP contribution in [0.15, 0.2) is 30.4 Å². The minimum atomic E-state index is -0.622. The van der Waals surface area contributed by atoms with Crippen molar-refractivity contribution in [3.63, 3.8) is 0 Å². The van der Waals surface area contributed by atoms with E-state index in [0.717, 1.165) is 5.56 Å². The van der Waals surface area contributed by atoms with E-state index in [1.165, 1.54) is 13.0 Å². The van der Waals surface area contributed by atoms with Gasteiger partial charge in [-0.15, -0.1) is 0 Å². The van der Waals surface area contributed by atoms with Gasteiger partial charge in [-0.3, -0.25) is 14.4 Å². The quantitative estimate of drug-likeness (QED) is 0.275. The Labute approximate surface area is 213 Å². The van der Waals surface area contributed by atoms with Crippen LogP contribution in [-0.2, 0) is 28.6 Å². The van der Waals surface area contributed by atoms with Crippen LogP contribution in [0.5, 0.6) is 5.75 Å². The topological polar surface area (TPSA) is 94.6 Å². The molecule has 36 heavy (non-hydrogen) atoms. The lowest BCUT2D eigenvalue weighted by Gasteiger charge is -2.41. The first-order chi connectivity index (χ1) is 17.1. The molecule has 3 rings (SSSR count). The van der Waals surface area contributed by atoms with Gasteiger partial charge in [0.15, 0.2) is 6.79 Å². The van der Waals surface area contributed by atoms with Crippen molar-refractivity contribution in [1.82, 2.24) is 4.90 Å². The van der Waals surface area contributed by atoms with Crippen molar-refractivity contribution in [3.8, 4) is 5.75 Å². The monoisotopic (exact) mass is 502 g/mol. The molecule has 9 heteroatoms. The first kappa shape index (κ1) is 27.7. The number of ether oxygens (including phenoxy) is 4. The summed E-state index contributed by atoms with van der Waals surface area (Å²) in [7, 11) is 1.60. The Balaban J connectivity index is 2.11. The molecule has 9 nitrogen and oxygen atoms in total. The van der Waals surface area contributed by atoms with Crippen LogP contribution in [0, 0.1) is 11.8 Å². The van der Waals surface area contributed by atoms with E-state index in [2.05, 4.69) is 0 Å². The molecule has 0 aromatic heterocycles. The molecule has 0 saturated heterocycles. The summed E-state index contributed by atoms with van der Waals surface area (Å²) in [5.74, 6) is -0.226. The molecule has 0 fully saturated rings. The molecule has 0 radical (unpaired) electrons. The zero-order valence-electron chi connectivity index (χ0n) is 22.1. The third kappa shape index (κ3) is 6.25. The average Bonchev–Trinajstić information content (AvgIpc) is 3.13. The highest BCUT2D eigenvalue weighted by atomic mass is 16.7. The number of carbonyl (C=O) groups is 3.